The predicted octanol–water partition coefficient (Wildman–Crippen LogP) is 3.19. The lowest BCUT2D eigenvalue weighted by Gasteiger charge is -2.35. The standard InChI is InChI=1S/C21H21N3O6/c1-12(2)20-21(27)23(17-10-16(24(28)29)7-8-18(17)30-20)11-19(26)22-15-6-4-5-14(9-15)13(3)25/h4-10,12,20H,11H2,1-3H3,(H,22,26). The first kappa shape index (κ1) is 21.0. The molecule has 0 bridgehead atoms. The zero-order valence-corrected chi connectivity index (χ0v) is 16.7. The van der Waals surface area contributed by atoms with E-state index in [4.69, 9.17) is 4.74 Å². The van der Waals surface area contributed by atoms with Gasteiger partial charge in [-0.2, -0.15) is 0 Å². The minimum absolute atomic E-state index is 0.143. The van der Waals surface area contributed by atoms with E-state index in [9.17, 15) is 24.5 Å². The second-order valence-electron chi connectivity index (χ2n) is 7.30. The molecule has 1 aliphatic rings. The molecule has 1 atom stereocenters. The highest BCUT2D eigenvalue weighted by molar-refractivity contribution is 6.07. The Hall–Kier alpha value is -3.75. The molecule has 2 aromatic carbocycles. The summed E-state index contributed by atoms with van der Waals surface area (Å²) in [5.41, 5.74) is 0.802. The molecule has 1 heterocycles. The fourth-order valence-corrected chi connectivity index (χ4v) is 3.13. The summed E-state index contributed by atoms with van der Waals surface area (Å²) in [4.78, 5) is 48.9. The lowest BCUT2D eigenvalue weighted by Crippen LogP contribution is -2.50. The summed E-state index contributed by atoms with van der Waals surface area (Å²) in [5, 5.41) is 13.8. The molecule has 2 amide bonds. The predicted molar refractivity (Wildman–Crippen MR) is 110 cm³/mol. The van der Waals surface area contributed by atoms with Gasteiger partial charge in [0, 0.05) is 23.4 Å². The van der Waals surface area contributed by atoms with Gasteiger partial charge in [0.2, 0.25) is 5.91 Å². The Morgan fingerprint density at radius 1 is 1.23 bits per heavy atom. The van der Waals surface area contributed by atoms with Crippen molar-refractivity contribution in [2.24, 2.45) is 5.92 Å². The second-order valence-corrected chi connectivity index (χ2v) is 7.30. The number of nitrogens with one attached hydrogen (secondary N) is 1. The SMILES string of the molecule is CC(=O)c1cccc(NC(=O)CN2C(=O)C(C(C)C)Oc3ccc([N+](=O)[O-])cc32)c1. The van der Waals surface area contributed by atoms with Gasteiger partial charge in [0.05, 0.1) is 10.6 Å². The van der Waals surface area contributed by atoms with Crippen LogP contribution in [0.1, 0.15) is 31.1 Å². The number of nitro benzene ring substituents is 1. The zero-order chi connectivity index (χ0) is 22.0. The third-order valence-corrected chi connectivity index (χ3v) is 4.67. The Balaban J connectivity index is 1.89. The van der Waals surface area contributed by atoms with Crippen molar-refractivity contribution in [3.8, 4) is 5.75 Å². The molecule has 0 radical (unpaired) electrons. The van der Waals surface area contributed by atoms with Crippen LogP contribution in [0.2, 0.25) is 0 Å². The largest absolute Gasteiger partial charge is 0.478 e. The maximum absolute atomic E-state index is 12.9. The number of anilines is 2. The number of carbonyl (C=O) groups excluding carboxylic acids is 3. The number of fused-ring (bicyclic) bond motifs is 1. The molecule has 0 saturated heterocycles. The van der Waals surface area contributed by atoms with Gasteiger partial charge in [0.15, 0.2) is 11.9 Å². The van der Waals surface area contributed by atoms with Crippen LogP contribution in [0, 0.1) is 16.0 Å². The van der Waals surface area contributed by atoms with E-state index in [1.165, 1.54) is 36.1 Å². The molecule has 0 aromatic heterocycles. The number of rotatable bonds is 6. The van der Waals surface area contributed by atoms with E-state index in [1.54, 1.807) is 18.2 Å². The van der Waals surface area contributed by atoms with Crippen LogP contribution < -0.4 is 15.0 Å². The van der Waals surface area contributed by atoms with E-state index >= 15 is 0 Å². The number of non-ortho nitro benzene ring substituents is 1. The van der Waals surface area contributed by atoms with E-state index in [1.807, 2.05) is 13.8 Å². The number of nitrogens with zero attached hydrogens (tertiary/aromatic N) is 2. The Labute approximate surface area is 172 Å². The van der Waals surface area contributed by atoms with Gasteiger partial charge in [-0.05, 0) is 31.0 Å². The highest BCUT2D eigenvalue weighted by atomic mass is 16.6. The summed E-state index contributed by atoms with van der Waals surface area (Å²) in [7, 11) is 0. The average molecular weight is 411 g/mol. The van der Waals surface area contributed by atoms with Crippen LogP contribution >= 0.6 is 0 Å². The Kier molecular flexibility index (Phi) is 5.81. The van der Waals surface area contributed by atoms with Crippen LogP contribution in [0.3, 0.4) is 0 Å². The molecule has 1 N–H and O–H groups in total. The maximum Gasteiger partial charge on any atom is 0.271 e. The molecule has 0 fully saturated rings. The summed E-state index contributed by atoms with van der Waals surface area (Å²) < 4.78 is 5.73. The fraction of sp³-hybridized carbons (Fsp3) is 0.286. The number of ketones is 1. The zero-order valence-electron chi connectivity index (χ0n) is 16.7. The van der Waals surface area contributed by atoms with Gasteiger partial charge in [-0.3, -0.25) is 29.4 Å². The van der Waals surface area contributed by atoms with Gasteiger partial charge in [-0.15, -0.1) is 0 Å². The van der Waals surface area contributed by atoms with Crippen LogP contribution in [0.25, 0.3) is 0 Å². The number of hydrogen-bond acceptors (Lipinski definition) is 6. The summed E-state index contributed by atoms with van der Waals surface area (Å²) in [6, 6.07) is 10.4. The van der Waals surface area contributed by atoms with E-state index in [0.29, 0.717) is 17.0 Å². The van der Waals surface area contributed by atoms with Crippen molar-refractivity contribution in [3.63, 3.8) is 0 Å². The number of ether oxygens (including phenoxy) is 1. The van der Waals surface area contributed by atoms with Gasteiger partial charge in [-0.1, -0.05) is 26.0 Å². The Morgan fingerprint density at radius 2 is 1.97 bits per heavy atom. The normalized spacial score (nSPS) is 15.4. The topological polar surface area (TPSA) is 119 Å². The molecule has 0 spiro atoms. The average Bonchev–Trinajstić information content (AvgIpc) is 2.69. The first-order valence-corrected chi connectivity index (χ1v) is 9.34. The molecule has 1 aliphatic heterocycles. The first-order chi connectivity index (χ1) is 14.2. The van der Waals surface area contributed by atoms with Gasteiger partial charge < -0.3 is 10.1 Å². The third-order valence-electron chi connectivity index (χ3n) is 4.67. The molecule has 0 saturated carbocycles. The highest BCUT2D eigenvalue weighted by Crippen LogP contribution is 2.38. The molecule has 2 aromatic rings. The van der Waals surface area contributed by atoms with Crippen molar-refractivity contribution in [3.05, 3.63) is 58.1 Å². The number of amides is 2. The number of Topliss-reactive ketones (excluding diaryl/α,β-unsaturated/α-hetero) is 1. The van der Waals surface area contributed by atoms with Crippen LogP contribution in [0.15, 0.2) is 42.5 Å². The summed E-state index contributed by atoms with van der Waals surface area (Å²) >= 11 is 0. The van der Waals surface area contributed by atoms with Crippen molar-refractivity contribution in [1.82, 2.24) is 0 Å². The number of nitro groups is 1. The third kappa shape index (κ3) is 4.29. The minimum Gasteiger partial charge on any atom is -0.478 e. The van der Waals surface area contributed by atoms with Crippen LogP contribution in [-0.4, -0.2) is 35.2 Å². The van der Waals surface area contributed by atoms with Gasteiger partial charge in [0.1, 0.15) is 12.3 Å². The number of benzene rings is 2. The van der Waals surface area contributed by atoms with Crippen molar-refractivity contribution >= 4 is 34.7 Å². The molecule has 9 nitrogen and oxygen atoms in total. The minimum atomic E-state index is -0.812. The van der Waals surface area contributed by atoms with Gasteiger partial charge in [-0.25, -0.2) is 0 Å². The fourth-order valence-electron chi connectivity index (χ4n) is 3.13. The van der Waals surface area contributed by atoms with Crippen LogP contribution in [0.5, 0.6) is 5.75 Å². The van der Waals surface area contributed by atoms with Crippen molar-refractivity contribution in [2.75, 3.05) is 16.8 Å². The van der Waals surface area contributed by atoms with E-state index in [2.05, 4.69) is 5.32 Å². The van der Waals surface area contributed by atoms with Gasteiger partial charge in [0.25, 0.3) is 11.6 Å². The number of hydrogen-bond donors (Lipinski definition) is 1. The Morgan fingerprint density at radius 3 is 2.60 bits per heavy atom. The first-order valence-electron chi connectivity index (χ1n) is 9.34. The molecule has 3 rings (SSSR count). The second kappa shape index (κ2) is 8.32. The van der Waals surface area contributed by atoms with Crippen molar-refractivity contribution < 1.29 is 24.0 Å². The highest BCUT2D eigenvalue weighted by Gasteiger charge is 2.38. The summed E-state index contributed by atoms with van der Waals surface area (Å²) in [6.45, 7) is 4.68. The van der Waals surface area contributed by atoms with Crippen molar-refractivity contribution in [2.45, 2.75) is 26.9 Å². The summed E-state index contributed by atoms with van der Waals surface area (Å²) in [6.07, 6.45) is -0.812. The maximum atomic E-state index is 12.9. The molecular weight excluding hydrogens is 390 g/mol. The lowest BCUT2D eigenvalue weighted by molar-refractivity contribution is -0.384. The van der Waals surface area contributed by atoms with E-state index in [-0.39, 0.29) is 29.6 Å². The molecular formula is C21H21N3O6. The quantitative estimate of drug-likeness (QED) is 0.443. The lowest BCUT2D eigenvalue weighted by atomic mass is 10.0. The molecule has 9 heteroatoms. The Bertz CT molecular complexity index is 1030. The van der Waals surface area contributed by atoms with Crippen molar-refractivity contribution in [1.29, 1.82) is 0 Å². The van der Waals surface area contributed by atoms with E-state index < -0.39 is 22.8 Å². The monoisotopic (exact) mass is 411 g/mol. The smallest absolute Gasteiger partial charge is 0.271 e. The number of carbonyl (C=O) groups is 3. The van der Waals surface area contributed by atoms with E-state index in [0.717, 1.165) is 0 Å². The summed E-state index contributed by atoms with van der Waals surface area (Å²) in [5.74, 6) is -0.976. The van der Waals surface area contributed by atoms with Gasteiger partial charge >= 0.3 is 0 Å². The molecule has 0 aliphatic carbocycles. The van der Waals surface area contributed by atoms with Crippen LogP contribution in [-0.2, 0) is 9.59 Å². The van der Waals surface area contributed by atoms with Crippen LogP contribution in [0.4, 0.5) is 17.1 Å². The molecule has 156 valence electrons. The molecule has 1 unspecified atom stereocenters. The molecule has 30 heavy (non-hydrogen) atoms.